The van der Waals surface area contributed by atoms with Crippen molar-refractivity contribution in [2.75, 3.05) is 25.5 Å². The van der Waals surface area contributed by atoms with Crippen molar-refractivity contribution in [1.29, 1.82) is 0 Å². The molecule has 2 N–H and O–H groups in total. The number of halogens is 3. The number of nitrogens with zero attached hydrogens (tertiary/aromatic N) is 1. The Kier molecular flexibility index (Phi) is 6.95. The van der Waals surface area contributed by atoms with Crippen LogP contribution < -0.4 is 10.6 Å². The van der Waals surface area contributed by atoms with Crippen LogP contribution in [0.4, 0.5) is 18.9 Å². The van der Waals surface area contributed by atoms with Gasteiger partial charge in [-0.05, 0) is 31.7 Å². The van der Waals surface area contributed by atoms with Crippen molar-refractivity contribution in [1.82, 2.24) is 10.2 Å². The first-order chi connectivity index (χ1) is 12.8. The highest BCUT2D eigenvalue weighted by molar-refractivity contribution is 5.92. The van der Waals surface area contributed by atoms with Crippen LogP contribution in [0, 0.1) is 17.5 Å². The molecule has 1 atom stereocenters. The minimum atomic E-state index is -1.66. The van der Waals surface area contributed by atoms with E-state index in [1.54, 1.807) is 0 Å². The molecule has 0 spiro atoms. The standard InChI is InChI=1S/C19H20F3N3O2/c1-12(13-6-4-3-5-7-13)23-16(26)10-25(2)11-17(27)24-15-9-8-14(20)18(21)19(15)22/h3-9,12H,10-11H2,1-2H3,(H,23,26)(H,24,27)/t12-/m1/s1. The second kappa shape index (κ2) is 9.18. The molecule has 0 fully saturated rings. The minimum absolute atomic E-state index is 0.0646. The summed E-state index contributed by atoms with van der Waals surface area (Å²) < 4.78 is 39.6. The Morgan fingerprint density at radius 3 is 2.26 bits per heavy atom. The van der Waals surface area contributed by atoms with E-state index in [9.17, 15) is 22.8 Å². The van der Waals surface area contributed by atoms with Crippen LogP contribution in [0.15, 0.2) is 42.5 Å². The molecule has 0 unspecified atom stereocenters. The lowest BCUT2D eigenvalue weighted by atomic mass is 10.1. The van der Waals surface area contributed by atoms with Crippen molar-refractivity contribution in [3.8, 4) is 0 Å². The molecule has 0 bridgehead atoms. The number of rotatable bonds is 7. The molecule has 2 aromatic rings. The number of hydrogen-bond donors (Lipinski definition) is 2. The SMILES string of the molecule is C[C@@H](NC(=O)CN(C)CC(=O)Nc1ccc(F)c(F)c1F)c1ccccc1. The van der Waals surface area contributed by atoms with Crippen LogP contribution in [0.5, 0.6) is 0 Å². The van der Waals surface area contributed by atoms with Crippen LogP contribution >= 0.6 is 0 Å². The van der Waals surface area contributed by atoms with Crippen molar-refractivity contribution in [3.63, 3.8) is 0 Å². The molecule has 2 aromatic carbocycles. The summed E-state index contributed by atoms with van der Waals surface area (Å²) in [5.41, 5.74) is 0.481. The zero-order valence-corrected chi connectivity index (χ0v) is 14.9. The van der Waals surface area contributed by atoms with E-state index in [-0.39, 0.29) is 25.0 Å². The van der Waals surface area contributed by atoms with Crippen LogP contribution in [0.25, 0.3) is 0 Å². The summed E-state index contributed by atoms with van der Waals surface area (Å²) in [5.74, 6) is -5.42. The van der Waals surface area contributed by atoms with Gasteiger partial charge in [-0.3, -0.25) is 14.5 Å². The van der Waals surface area contributed by atoms with Crippen molar-refractivity contribution in [2.45, 2.75) is 13.0 Å². The molecule has 27 heavy (non-hydrogen) atoms. The van der Waals surface area contributed by atoms with Crippen LogP contribution in [-0.4, -0.2) is 36.9 Å². The largest absolute Gasteiger partial charge is 0.348 e. The van der Waals surface area contributed by atoms with Gasteiger partial charge in [-0.1, -0.05) is 30.3 Å². The third kappa shape index (κ3) is 5.82. The third-order valence-corrected chi connectivity index (χ3v) is 3.81. The molecule has 2 rings (SSSR count). The second-order valence-corrected chi connectivity index (χ2v) is 6.14. The first-order valence-corrected chi connectivity index (χ1v) is 8.24. The molecule has 0 heterocycles. The summed E-state index contributed by atoms with van der Waals surface area (Å²) in [4.78, 5) is 25.4. The molecule has 0 aliphatic carbocycles. The van der Waals surface area contributed by atoms with Crippen molar-refractivity contribution in [3.05, 3.63) is 65.5 Å². The van der Waals surface area contributed by atoms with E-state index in [0.29, 0.717) is 0 Å². The van der Waals surface area contributed by atoms with Gasteiger partial charge in [-0.15, -0.1) is 0 Å². The van der Waals surface area contributed by atoms with Crippen molar-refractivity contribution in [2.24, 2.45) is 0 Å². The fourth-order valence-electron chi connectivity index (χ4n) is 2.47. The summed E-state index contributed by atoms with van der Waals surface area (Å²) >= 11 is 0. The summed E-state index contributed by atoms with van der Waals surface area (Å²) in [7, 11) is 1.54. The third-order valence-electron chi connectivity index (χ3n) is 3.81. The highest BCUT2D eigenvalue weighted by Gasteiger charge is 2.17. The average Bonchev–Trinajstić information content (AvgIpc) is 2.62. The van der Waals surface area contributed by atoms with Gasteiger partial charge in [0.05, 0.1) is 24.8 Å². The summed E-state index contributed by atoms with van der Waals surface area (Å²) in [6.45, 7) is 1.54. The molecule has 0 radical (unpaired) electrons. The van der Waals surface area contributed by atoms with Gasteiger partial charge in [0.15, 0.2) is 17.5 Å². The van der Waals surface area contributed by atoms with Gasteiger partial charge in [0, 0.05) is 0 Å². The number of anilines is 1. The maximum atomic E-state index is 13.6. The van der Waals surface area contributed by atoms with Gasteiger partial charge < -0.3 is 10.6 Å². The van der Waals surface area contributed by atoms with Gasteiger partial charge in [0.25, 0.3) is 0 Å². The maximum absolute atomic E-state index is 13.6. The van der Waals surface area contributed by atoms with Gasteiger partial charge in [0.2, 0.25) is 11.8 Å². The number of likely N-dealkylation sites (N-methyl/N-ethyl adjacent to an activating group) is 1. The van der Waals surface area contributed by atoms with E-state index < -0.39 is 29.0 Å². The first-order valence-electron chi connectivity index (χ1n) is 8.24. The number of carbonyl (C=O) groups is 2. The van der Waals surface area contributed by atoms with E-state index in [1.807, 2.05) is 37.3 Å². The van der Waals surface area contributed by atoms with Crippen LogP contribution in [0.1, 0.15) is 18.5 Å². The van der Waals surface area contributed by atoms with E-state index >= 15 is 0 Å². The molecule has 0 saturated heterocycles. The highest BCUT2D eigenvalue weighted by atomic mass is 19.2. The lowest BCUT2D eigenvalue weighted by Gasteiger charge is -2.19. The Morgan fingerprint density at radius 2 is 1.59 bits per heavy atom. The Morgan fingerprint density at radius 1 is 0.963 bits per heavy atom. The normalized spacial score (nSPS) is 11.9. The monoisotopic (exact) mass is 379 g/mol. The molecule has 0 aliphatic rings. The number of hydrogen-bond acceptors (Lipinski definition) is 3. The summed E-state index contributed by atoms with van der Waals surface area (Å²) in [6, 6.07) is 10.8. The van der Waals surface area contributed by atoms with E-state index in [0.717, 1.165) is 17.7 Å². The predicted octanol–water partition coefficient (Wildman–Crippen LogP) is 2.85. The Labute approximate surface area is 155 Å². The van der Waals surface area contributed by atoms with Crippen LogP contribution in [0.2, 0.25) is 0 Å². The van der Waals surface area contributed by atoms with Crippen molar-refractivity contribution >= 4 is 17.5 Å². The van der Waals surface area contributed by atoms with Gasteiger partial charge >= 0.3 is 0 Å². The maximum Gasteiger partial charge on any atom is 0.238 e. The highest BCUT2D eigenvalue weighted by Crippen LogP contribution is 2.19. The zero-order valence-electron chi connectivity index (χ0n) is 14.9. The van der Waals surface area contributed by atoms with Crippen LogP contribution in [0.3, 0.4) is 0 Å². The Hall–Kier alpha value is -2.87. The fraction of sp³-hybridized carbons (Fsp3) is 0.263. The van der Waals surface area contributed by atoms with E-state index in [4.69, 9.17) is 0 Å². The fourth-order valence-corrected chi connectivity index (χ4v) is 2.47. The molecule has 144 valence electrons. The van der Waals surface area contributed by atoms with Crippen molar-refractivity contribution < 1.29 is 22.8 Å². The first kappa shape index (κ1) is 20.4. The molecular weight excluding hydrogens is 359 g/mol. The molecule has 0 aliphatic heterocycles. The molecule has 2 amide bonds. The lowest BCUT2D eigenvalue weighted by Crippen LogP contribution is -2.39. The topological polar surface area (TPSA) is 61.4 Å². The lowest BCUT2D eigenvalue weighted by molar-refractivity contribution is -0.123. The number of nitrogens with one attached hydrogen (secondary N) is 2. The van der Waals surface area contributed by atoms with E-state index in [2.05, 4.69) is 10.6 Å². The Balaban J connectivity index is 1.84. The van der Waals surface area contributed by atoms with Gasteiger partial charge in [0.1, 0.15) is 0 Å². The smallest absolute Gasteiger partial charge is 0.238 e. The molecule has 5 nitrogen and oxygen atoms in total. The quantitative estimate of drug-likeness (QED) is 0.728. The number of benzene rings is 2. The van der Waals surface area contributed by atoms with E-state index in [1.165, 1.54) is 11.9 Å². The van der Waals surface area contributed by atoms with Crippen LogP contribution in [-0.2, 0) is 9.59 Å². The van der Waals surface area contributed by atoms with Gasteiger partial charge in [-0.2, -0.15) is 0 Å². The second-order valence-electron chi connectivity index (χ2n) is 6.14. The average molecular weight is 379 g/mol. The predicted molar refractivity (Wildman–Crippen MR) is 95.4 cm³/mol. The molecule has 0 saturated carbocycles. The Bertz CT molecular complexity index is 815. The zero-order chi connectivity index (χ0) is 20.0. The van der Waals surface area contributed by atoms with Gasteiger partial charge in [-0.25, -0.2) is 13.2 Å². The number of carbonyl (C=O) groups excluding carboxylic acids is 2. The molecular formula is C19H20F3N3O2. The molecule has 0 aromatic heterocycles. The molecule has 8 heteroatoms. The number of amides is 2. The summed E-state index contributed by atoms with van der Waals surface area (Å²) in [6.07, 6.45) is 0. The minimum Gasteiger partial charge on any atom is -0.348 e. The summed E-state index contributed by atoms with van der Waals surface area (Å²) in [5, 5.41) is 4.96.